The molecule has 0 radical (unpaired) electrons. The van der Waals surface area contributed by atoms with Crippen LogP contribution in [0.4, 0.5) is 0 Å². The Morgan fingerprint density at radius 1 is 1.10 bits per heavy atom. The first-order chi connectivity index (χ1) is 14.4. The fraction of sp³-hybridized carbons (Fsp3) is 0.522. The Hall–Kier alpha value is -2.83. The average molecular weight is 417 g/mol. The minimum Gasteiger partial charge on any atom is -0.497 e. The van der Waals surface area contributed by atoms with Crippen molar-refractivity contribution in [3.8, 4) is 5.75 Å². The van der Waals surface area contributed by atoms with E-state index < -0.39 is 17.9 Å². The van der Waals surface area contributed by atoms with E-state index in [1.807, 2.05) is 0 Å². The number of allylic oxidation sites excluding steroid dienone is 1. The van der Waals surface area contributed by atoms with Crippen molar-refractivity contribution in [3.05, 3.63) is 41.5 Å². The number of hydrogen-bond donors (Lipinski definition) is 2. The van der Waals surface area contributed by atoms with Gasteiger partial charge in [0.15, 0.2) is 6.61 Å². The minimum atomic E-state index is -0.847. The maximum Gasteiger partial charge on any atom is 0.329 e. The number of hydrogen-bond acceptors (Lipinski definition) is 5. The molecule has 0 bridgehead atoms. The second-order valence-electron chi connectivity index (χ2n) is 7.74. The molecular formula is C23H32N2O5. The highest BCUT2D eigenvalue weighted by molar-refractivity contribution is 5.97. The van der Waals surface area contributed by atoms with Gasteiger partial charge in [0, 0.05) is 12.1 Å². The number of benzene rings is 1. The molecular weight excluding hydrogens is 384 g/mol. The normalized spacial score (nSPS) is 14.5. The summed E-state index contributed by atoms with van der Waals surface area (Å²) in [7, 11) is 1.54. The highest BCUT2D eigenvalue weighted by atomic mass is 16.5. The van der Waals surface area contributed by atoms with Gasteiger partial charge in [0.05, 0.1) is 7.11 Å². The molecule has 1 aliphatic carbocycles. The number of ether oxygens (including phenoxy) is 2. The zero-order chi connectivity index (χ0) is 21.9. The number of carbonyl (C=O) groups is 3. The maximum atomic E-state index is 12.4. The third-order valence-corrected chi connectivity index (χ3v) is 5.06. The van der Waals surface area contributed by atoms with Crippen molar-refractivity contribution in [2.45, 2.75) is 52.0 Å². The number of carbonyl (C=O) groups excluding carboxylic acids is 3. The molecule has 0 saturated heterocycles. The number of esters is 1. The van der Waals surface area contributed by atoms with E-state index in [4.69, 9.17) is 9.47 Å². The standard InChI is InChI=1S/C23H32N2O5/c1-16(2)21(25-22(27)18-9-11-19(29-3)12-10-18)23(28)30-15-20(26)24-14-13-17-7-5-4-6-8-17/h7,9-12,16,21H,4-6,8,13-15H2,1-3H3,(H,24,26)(H,25,27). The molecule has 7 heteroatoms. The molecule has 0 fully saturated rings. The van der Waals surface area contributed by atoms with Crippen LogP contribution in [0, 0.1) is 5.92 Å². The second-order valence-corrected chi connectivity index (χ2v) is 7.74. The molecule has 30 heavy (non-hydrogen) atoms. The van der Waals surface area contributed by atoms with E-state index in [2.05, 4.69) is 16.7 Å². The Bertz CT molecular complexity index is 755. The van der Waals surface area contributed by atoms with Crippen molar-refractivity contribution < 1.29 is 23.9 Å². The fourth-order valence-corrected chi connectivity index (χ4v) is 3.24. The molecule has 1 aromatic carbocycles. The van der Waals surface area contributed by atoms with Crippen LogP contribution in [0.15, 0.2) is 35.9 Å². The first-order valence-electron chi connectivity index (χ1n) is 10.5. The molecule has 7 nitrogen and oxygen atoms in total. The summed E-state index contributed by atoms with van der Waals surface area (Å²) < 4.78 is 10.2. The molecule has 0 aliphatic heterocycles. The molecule has 2 amide bonds. The van der Waals surface area contributed by atoms with Crippen LogP contribution in [0.3, 0.4) is 0 Å². The molecule has 164 valence electrons. The quantitative estimate of drug-likeness (QED) is 0.452. The van der Waals surface area contributed by atoms with Crippen LogP contribution in [0.25, 0.3) is 0 Å². The zero-order valence-electron chi connectivity index (χ0n) is 18.0. The van der Waals surface area contributed by atoms with E-state index in [-0.39, 0.29) is 18.4 Å². The number of nitrogens with one attached hydrogen (secondary N) is 2. The molecule has 1 atom stereocenters. The van der Waals surface area contributed by atoms with Crippen LogP contribution in [0.5, 0.6) is 5.75 Å². The van der Waals surface area contributed by atoms with E-state index in [1.54, 1.807) is 45.2 Å². The summed E-state index contributed by atoms with van der Waals surface area (Å²) in [5, 5.41) is 5.46. The molecule has 2 rings (SSSR count). The van der Waals surface area contributed by atoms with Gasteiger partial charge in [-0.3, -0.25) is 9.59 Å². The Balaban J connectivity index is 1.78. The Morgan fingerprint density at radius 2 is 1.83 bits per heavy atom. The zero-order valence-corrected chi connectivity index (χ0v) is 18.0. The van der Waals surface area contributed by atoms with E-state index in [0.717, 1.165) is 19.3 Å². The molecule has 1 unspecified atom stereocenters. The van der Waals surface area contributed by atoms with Crippen LogP contribution in [0.2, 0.25) is 0 Å². The first kappa shape index (κ1) is 23.4. The lowest BCUT2D eigenvalue weighted by molar-refractivity contribution is -0.151. The van der Waals surface area contributed by atoms with E-state index in [1.165, 1.54) is 18.4 Å². The third kappa shape index (κ3) is 7.54. The largest absolute Gasteiger partial charge is 0.497 e. The lowest BCUT2D eigenvalue weighted by Gasteiger charge is -2.21. The van der Waals surface area contributed by atoms with Gasteiger partial charge in [-0.05, 0) is 62.3 Å². The van der Waals surface area contributed by atoms with Gasteiger partial charge in [-0.15, -0.1) is 0 Å². The summed E-state index contributed by atoms with van der Waals surface area (Å²) in [6.45, 7) is 3.78. The smallest absolute Gasteiger partial charge is 0.329 e. The van der Waals surface area contributed by atoms with Crippen molar-refractivity contribution in [3.63, 3.8) is 0 Å². The van der Waals surface area contributed by atoms with Crippen molar-refractivity contribution in [2.24, 2.45) is 5.92 Å². The highest BCUT2D eigenvalue weighted by Crippen LogP contribution is 2.19. The van der Waals surface area contributed by atoms with Crippen molar-refractivity contribution in [1.29, 1.82) is 0 Å². The van der Waals surface area contributed by atoms with Gasteiger partial charge in [-0.25, -0.2) is 4.79 Å². The lowest BCUT2D eigenvalue weighted by Crippen LogP contribution is -2.46. The van der Waals surface area contributed by atoms with Gasteiger partial charge in [0.25, 0.3) is 11.8 Å². The molecule has 1 aliphatic rings. The van der Waals surface area contributed by atoms with Crippen LogP contribution >= 0.6 is 0 Å². The predicted molar refractivity (Wildman–Crippen MR) is 114 cm³/mol. The summed E-state index contributed by atoms with van der Waals surface area (Å²) in [5.41, 5.74) is 1.78. The van der Waals surface area contributed by atoms with Crippen LogP contribution in [-0.4, -0.2) is 44.1 Å². The molecule has 0 aromatic heterocycles. The monoisotopic (exact) mass is 416 g/mol. The minimum absolute atomic E-state index is 0.194. The van der Waals surface area contributed by atoms with Crippen molar-refractivity contribution in [2.75, 3.05) is 20.3 Å². The lowest BCUT2D eigenvalue weighted by atomic mass is 9.97. The average Bonchev–Trinajstić information content (AvgIpc) is 2.76. The van der Waals surface area contributed by atoms with Gasteiger partial charge >= 0.3 is 5.97 Å². The Kier molecular flexibility index (Phi) is 9.38. The molecule has 0 saturated carbocycles. The first-order valence-corrected chi connectivity index (χ1v) is 10.5. The molecule has 0 heterocycles. The molecule has 2 N–H and O–H groups in total. The Morgan fingerprint density at radius 3 is 2.43 bits per heavy atom. The van der Waals surface area contributed by atoms with Crippen LogP contribution < -0.4 is 15.4 Å². The summed E-state index contributed by atoms with van der Waals surface area (Å²) in [5.74, 6) is -0.919. The second kappa shape index (κ2) is 12.0. The SMILES string of the molecule is COc1ccc(C(=O)NC(C(=O)OCC(=O)NCCC2=CCCCC2)C(C)C)cc1. The summed E-state index contributed by atoms with van der Waals surface area (Å²) in [6.07, 6.45) is 7.71. The van der Waals surface area contributed by atoms with Gasteiger partial charge in [-0.2, -0.15) is 0 Å². The predicted octanol–water partition coefficient (Wildman–Crippen LogP) is 3.00. The number of methoxy groups -OCH3 is 1. The number of rotatable bonds is 10. The van der Waals surface area contributed by atoms with Gasteiger partial charge < -0.3 is 20.1 Å². The summed E-state index contributed by atoms with van der Waals surface area (Å²) in [6, 6.07) is 5.73. The van der Waals surface area contributed by atoms with E-state index >= 15 is 0 Å². The summed E-state index contributed by atoms with van der Waals surface area (Å²) in [4.78, 5) is 36.9. The topological polar surface area (TPSA) is 93.7 Å². The third-order valence-electron chi connectivity index (χ3n) is 5.06. The van der Waals surface area contributed by atoms with Crippen LogP contribution in [0.1, 0.15) is 56.3 Å². The Labute approximate surface area is 178 Å². The van der Waals surface area contributed by atoms with Crippen LogP contribution in [-0.2, 0) is 14.3 Å². The van der Waals surface area contributed by atoms with E-state index in [0.29, 0.717) is 17.9 Å². The maximum absolute atomic E-state index is 12.4. The van der Waals surface area contributed by atoms with Gasteiger partial charge in [0.1, 0.15) is 11.8 Å². The fourth-order valence-electron chi connectivity index (χ4n) is 3.24. The molecule has 1 aromatic rings. The van der Waals surface area contributed by atoms with Crippen molar-refractivity contribution >= 4 is 17.8 Å². The van der Waals surface area contributed by atoms with E-state index in [9.17, 15) is 14.4 Å². The van der Waals surface area contributed by atoms with Gasteiger partial charge in [-0.1, -0.05) is 25.5 Å². The summed E-state index contributed by atoms with van der Waals surface area (Å²) >= 11 is 0. The molecule has 0 spiro atoms. The van der Waals surface area contributed by atoms with Crippen molar-refractivity contribution in [1.82, 2.24) is 10.6 Å². The highest BCUT2D eigenvalue weighted by Gasteiger charge is 2.26. The number of amides is 2. The van der Waals surface area contributed by atoms with Gasteiger partial charge in [0.2, 0.25) is 0 Å².